The Hall–Kier alpha value is -1.93. The molecule has 0 saturated carbocycles. The smallest absolute Gasteiger partial charge is 0.306 e. The number of esters is 2. The van der Waals surface area contributed by atoms with E-state index in [1.54, 1.807) is 0 Å². The van der Waals surface area contributed by atoms with Crippen molar-refractivity contribution < 1.29 is 38.2 Å². The number of likely N-dealkylation sites (N-methyl/N-ethyl adjacent to an activating group) is 1. The van der Waals surface area contributed by atoms with Gasteiger partial charge in [0, 0.05) is 19.3 Å². The molecule has 2 unspecified atom stereocenters. The molecule has 0 aliphatic heterocycles. The van der Waals surface area contributed by atoms with E-state index < -0.39 is 18.1 Å². The summed E-state index contributed by atoms with van der Waals surface area (Å²) in [5.74, 6) is -1.71. The van der Waals surface area contributed by atoms with Crippen molar-refractivity contribution in [2.45, 2.75) is 315 Å². The molecule has 68 heavy (non-hydrogen) atoms. The fourth-order valence-electron chi connectivity index (χ4n) is 9.31. The maximum Gasteiger partial charge on any atom is 0.306 e. The molecule has 0 radical (unpaired) electrons. The third-order valence-electron chi connectivity index (χ3n) is 13.9. The lowest BCUT2D eigenvalue weighted by Crippen LogP contribution is -2.55. The number of carbonyl (C=O) groups is 3. The number of ether oxygens (including phenoxy) is 3. The van der Waals surface area contributed by atoms with Gasteiger partial charge in [0.05, 0.1) is 40.3 Å². The minimum Gasteiger partial charge on any atom is -0.544 e. The van der Waals surface area contributed by atoms with E-state index in [9.17, 15) is 19.5 Å². The van der Waals surface area contributed by atoms with Crippen molar-refractivity contribution in [2.24, 2.45) is 0 Å². The van der Waals surface area contributed by atoms with Crippen molar-refractivity contribution in [1.82, 2.24) is 0 Å². The Morgan fingerprint density at radius 1 is 0.426 bits per heavy atom. The highest BCUT2D eigenvalue weighted by molar-refractivity contribution is 5.70. The van der Waals surface area contributed by atoms with Crippen molar-refractivity contribution in [3.05, 3.63) is 12.2 Å². The summed E-state index contributed by atoms with van der Waals surface area (Å²) in [5, 5.41) is 11.7. The zero-order valence-corrected chi connectivity index (χ0v) is 46.1. The number of hydrogen-bond acceptors (Lipinski definition) is 7. The van der Waals surface area contributed by atoms with Gasteiger partial charge in [-0.05, 0) is 38.5 Å². The second kappa shape index (κ2) is 51.4. The highest BCUT2D eigenvalue weighted by atomic mass is 16.6. The molecule has 8 heteroatoms. The van der Waals surface area contributed by atoms with Gasteiger partial charge in [0.25, 0.3) is 0 Å². The minimum absolute atomic E-state index is 0.0466. The van der Waals surface area contributed by atoms with Gasteiger partial charge >= 0.3 is 11.9 Å². The number of carboxylic acids is 1. The van der Waals surface area contributed by atoms with Crippen molar-refractivity contribution in [2.75, 3.05) is 41.0 Å². The number of quaternary nitrogens is 1. The van der Waals surface area contributed by atoms with Gasteiger partial charge in [0.1, 0.15) is 12.6 Å². The van der Waals surface area contributed by atoms with E-state index in [2.05, 4.69) is 26.0 Å². The zero-order valence-electron chi connectivity index (χ0n) is 46.1. The van der Waals surface area contributed by atoms with Gasteiger partial charge in [0.15, 0.2) is 6.10 Å². The number of carboxylic acid groups (broad SMARTS) is 1. The molecule has 0 aromatic carbocycles. The van der Waals surface area contributed by atoms with Crippen molar-refractivity contribution in [3.63, 3.8) is 0 Å². The molecule has 0 fully saturated rings. The Morgan fingerprint density at radius 2 is 0.735 bits per heavy atom. The number of unbranched alkanes of at least 4 members (excludes halogenated alkanes) is 39. The van der Waals surface area contributed by atoms with Crippen LogP contribution >= 0.6 is 0 Å². The molecule has 0 aliphatic rings. The lowest BCUT2D eigenvalue weighted by atomic mass is 10.0. The average Bonchev–Trinajstić information content (AvgIpc) is 3.30. The van der Waals surface area contributed by atoms with E-state index in [4.69, 9.17) is 14.2 Å². The van der Waals surface area contributed by atoms with E-state index in [1.807, 2.05) is 21.1 Å². The van der Waals surface area contributed by atoms with Crippen LogP contribution in [0.1, 0.15) is 303 Å². The van der Waals surface area contributed by atoms with E-state index in [-0.39, 0.29) is 42.7 Å². The monoisotopic (exact) mass is 962 g/mol. The van der Waals surface area contributed by atoms with Gasteiger partial charge in [-0.1, -0.05) is 257 Å². The Balaban J connectivity index is 4.10. The summed E-state index contributed by atoms with van der Waals surface area (Å²) in [6, 6.07) is -0.723. The minimum atomic E-state index is -1.12. The standard InChI is InChI=1S/C60H115NO7/c1-6-8-10-12-14-16-18-20-22-24-26-28-29-31-32-34-36-38-40-42-44-46-48-50-58(62)67-55-56(54-66-53-52-57(60(64)65)61(3,4)5)68-59(63)51-49-47-45-43-41-39-37-35-33-30-27-25-23-21-19-17-15-13-11-9-7-2/h25,27,56-57H,6-24,26,28-55H2,1-5H3/b27-25-. The Labute approximate surface area is 422 Å². The topological polar surface area (TPSA) is 102 Å². The normalized spacial score (nSPS) is 12.8. The molecule has 0 bridgehead atoms. The number of carbonyl (C=O) groups excluding carboxylic acids is 3. The first kappa shape index (κ1) is 66.1. The van der Waals surface area contributed by atoms with Gasteiger partial charge in [-0.2, -0.15) is 0 Å². The molecule has 0 amide bonds. The van der Waals surface area contributed by atoms with E-state index in [0.29, 0.717) is 12.8 Å². The van der Waals surface area contributed by atoms with Crippen LogP contribution in [0, 0.1) is 0 Å². The molecule has 0 aromatic heterocycles. The Morgan fingerprint density at radius 3 is 1.06 bits per heavy atom. The molecular weight excluding hydrogens is 847 g/mol. The van der Waals surface area contributed by atoms with Crippen LogP contribution in [0.4, 0.5) is 0 Å². The lowest BCUT2D eigenvalue weighted by Gasteiger charge is -2.34. The van der Waals surface area contributed by atoms with E-state index >= 15 is 0 Å². The quantitative estimate of drug-likeness (QED) is 0.0259. The molecule has 0 spiro atoms. The molecular formula is C60H115NO7. The second-order valence-electron chi connectivity index (χ2n) is 21.6. The highest BCUT2D eigenvalue weighted by Crippen LogP contribution is 2.18. The maximum absolute atomic E-state index is 12.8. The fourth-order valence-corrected chi connectivity index (χ4v) is 9.31. The number of nitrogens with zero attached hydrogens (tertiary/aromatic N) is 1. The van der Waals surface area contributed by atoms with Crippen LogP contribution < -0.4 is 5.11 Å². The summed E-state index contributed by atoms with van der Waals surface area (Å²) in [6.45, 7) is 4.73. The molecule has 0 rings (SSSR count). The molecule has 402 valence electrons. The van der Waals surface area contributed by atoms with Gasteiger partial charge in [-0.25, -0.2) is 0 Å². The SMILES string of the molecule is CCCCCCCCCC/C=C\CCCCCCCCCCCC(=O)OC(COCCC(C(=O)[O-])[N+](C)(C)C)COC(=O)CCCCCCCCCCCCCCCCCCCCCCCCC. The van der Waals surface area contributed by atoms with Crippen LogP contribution in [0.2, 0.25) is 0 Å². The largest absolute Gasteiger partial charge is 0.544 e. The molecule has 0 N–H and O–H groups in total. The maximum atomic E-state index is 12.8. The summed E-state index contributed by atoms with van der Waals surface area (Å²) in [7, 11) is 5.44. The highest BCUT2D eigenvalue weighted by Gasteiger charge is 2.25. The first-order chi connectivity index (χ1) is 33.1. The summed E-state index contributed by atoms with van der Waals surface area (Å²) in [4.78, 5) is 37.2. The number of allylic oxidation sites excluding steroid dienone is 2. The third kappa shape index (κ3) is 49.1. The summed E-state index contributed by atoms with van der Waals surface area (Å²) in [6.07, 6.45) is 59.7. The van der Waals surface area contributed by atoms with Crippen LogP contribution in [-0.2, 0) is 28.6 Å². The molecule has 0 aromatic rings. The van der Waals surface area contributed by atoms with Crippen LogP contribution in [0.25, 0.3) is 0 Å². The van der Waals surface area contributed by atoms with Gasteiger partial charge in [0.2, 0.25) is 0 Å². The molecule has 0 heterocycles. The summed E-state index contributed by atoms with van der Waals surface area (Å²) < 4.78 is 17.3. The summed E-state index contributed by atoms with van der Waals surface area (Å²) in [5.41, 5.74) is 0. The fraction of sp³-hybridized carbons (Fsp3) is 0.917. The zero-order chi connectivity index (χ0) is 49.9. The first-order valence-electron chi connectivity index (χ1n) is 29.7. The van der Waals surface area contributed by atoms with Crippen LogP contribution in [0.15, 0.2) is 12.2 Å². The van der Waals surface area contributed by atoms with Crippen molar-refractivity contribution in [3.8, 4) is 0 Å². The summed E-state index contributed by atoms with van der Waals surface area (Å²) >= 11 is 0. The number of hydrogen-bond donors (Lipinski definition) is 0. The van der Waals surface area contributed by atoms with Gasteiger partial charge in [-0.15, -0.1) is 0 Å². The third-order valence-corrected chi connectivity index (χ3v) is 13.9. The predicted octanol–water partition coefficient (Wildman–Crippen LogP) is 16.4. The predicted molar refractivity (Wildman–Crippen MR) is 287 cm³/mol. The lowest BCUT2D eigenvalue weighted by molar-refractivity contribution is -0.889. The molecule has 0 saturated heterocycles. The molecule has 8 nitrogen and oxygen atoms in total. The van der Waals surface area contributed by atoms with E-state index in [0.717, 1.165) is 38.5 Å². The number of rotatable bonds is 55. The Bertz CT molecular complexity index is 1120. The van der Waals surface area contributed by atoms with Gasteiger partial charge < -0.3 is 28.6 Å². The van der Waals surface area contributed by atoms with Crippen LogP contribution in [0.5, 0.6) is 0 Å². The average molecular weight is 963 g/mol. The van der Waals surface area contributed by atoms with E-state index in [1.165, 1.54) is 231 Å². The first-order valence-corrected chi connectivity index (χ1v) is 29.7. The number of aliphatic carboxylic acids is 1. The van der Waals surface area contributed by atoms with Crippen LogP contribution in [0.3, 0.4) is 0 Å². The van der Waals surface area contributed by atoms with Crippen molar-refractivity contribution in [1.29, 1.82) is 0 Å². The molecule has 2 atom stereocenters. The Kier molecular flexibility index (Phi) is 50.0. The second-order valence-corrected chi connectivity index (χ2v) is 21.6. The van der Waals surface area contributed by atoms with Crippen molar-refractivity contribution >= 4 is 17.9 Å². The van der Waals surface area contributed by atoms with Gasteiger partial charge in [-0.3, -0.25) is 9.59 Å². The van der Waals surface area contributed by atoms with Crippen LogP contribution in [-0.4, -0.2) is 75.5 Å². The molecule has 0 aliphatic carbocycles.